The summed E-state index contributed by atoms with van der Waals surface area (Å²) in [6.45, 7) is 1.82. The van der Waals surface area contributed by atoms with Crippen molar-refractivity contribution in [2.24, 2.45) is 0 Å². The first-order valence-electron chi connectivity index (χ1n) is 6.64. The van der Waals surface area contributed by atoms with Crippen LogP contribution in [0.3, 0.4) is 0 Å². The van der Waals surface area contributed by atoms with Crippen molar-refractivity contribution < 1.29 is 14.5 Å². The van der Waals surface area contributed by atoms with Crippen LogP contribution >= 0.6 is 0 Å². The first-order valence-corrected chi connectivity index (χ1v) is 6.64. The molecule has 2 rings (SSSR count). The average Bonchev–Trinajstić information content (AvgIpc) is 2.91. The molecule has 1 aliphatic heterocycles. The number of hydrogen-bond donors (Lipinski definition) is 0. The van der Waals surface area contributed by atoms with Gasteiger partial charge in [-0.2, -0.15) is 0 Å². The van der Waals surface area contributed by atoms with Gasteiger partial charge in [0.15, 0.2) is 5.78 Å². The van der Waals surface area contributed by atoms with E-state index in [2.05, 4.69) is 0 Å². The summed E-state index contributed by atoms with van der Waals surface area (Å²) >= 11 is 0. The van der Waals surface area contributed by atoms with Crippen molar-refractivity contribution in [3.8, 4) is 0 Å². The fraction of sp³-hybridized carbons (Fsp3) is 0.500. The second-order valence-electron chi connectivity index (χ2n) is 5.06. The summed E-state index contributed by atoms with van der Waals surface area (Å²) in [5.41, 5.74) is 0.490. The number of ether oxygens (including phenoxy) is 1. The Kier molecular flexibility index (Phi) is 4.81. The molecule has 1 fully saturated rings. The van der Waals surface area contributed by atoms with Crippen LogP contribution in [0, 0.1) is 10.1 Å². The molecule has 1 heterocycles. The number of non-ortho nitro benzene ring substituents is 1. The largest absolute Gasteiger partial charge is 0.377 e. The van der Waals surface area contributed by atoms with Crippen LogP contribution in [-0.4, -0.2) is 48.5 Å². The van der Waals surface area contributed by atoms with Gasteiger partial charge in [0, 0.05) is 30.8 Å². The SMILES string of the molecule is CN(CC(=O)c1ccc([N+](=O)[O-])cc1)CC1CCCO1. The van der Waals surface area contributed by atoms with Crippen LogP contribution in [0.15, 0.2) is 24.3 Å². The van der Waals surface area contributed by atoms with E-state index in [1.807, 2.05) is 11.9 Å². The second-order valence-corrected chi connectivity index (χ2v) is 5.06. The molecule has 0 aliphatic carbocycles. The highest BCUT2D eigenvalue weighted by Crippen LogP contribution is 2.14. The summed E-state index contributed by atoms with van der Waals surface area (Å²) in [6, 6.07) is 5.71. The lowest BCUT2D eigenvalue weighted by atomic mass is 10.1. The van der Waals surface area contributed by atoms with Gasteiger partial charge in [0.1, 0.15) is 0 Å². The Morgan fingerprint density at radius 1 is 1.45 bits per heavy atom. The number of benzene rings is 1. The molecule has 6 heteroatoms. The van der Waals surface area contributed by atoms with Crippen LogP contribution in [0.25, 0.3) is 0 Å². The van der Waals surface area contributed by atoms with Crippen molar-refractivity contribution >= 4 is 11.5 Å². The number of nitro benzene ring substituents is 1. The van der Waals surface area contributed by atoms with E-state index in [4.69, 9.17) is 4.74 Å². The summed E-state index contributed by atoms with van der Waals surface area (Å²) in [4.78, 5) is 24.1. The van der Waals surface area contributed by atoms with Gasteiger partial charge in [-0.3, -0.25) is 19.8 Å². The summed E-state index contributed by atoms with van der Waals surface area (Å²) in [5, 5.41) is 10.6. The number of carbonyl (C=O) groups is 1. The molecule has 1 aliphatic rings. The van der Waals surface area contributed by atoms with Crippen molar-refractivity contribution in [2.45, 2.75) is 18.9 Å². The zero-order chi connectivity index (χ0) is 14.5. The standard InChI is InChI=1S/C14H18N2O4/c1-15(9-13-3-2-8-20-13)10-14(17)11-4-6-12(7-5-11)16(18)19/h4-7,13H,2-3,8-10H2,1H3. The Morgan fingerprint density at radius 3 is 2.70 bits per heavy atom. The van der Waals surface area contributed by atoms with E-state index in [0.29, 0.717) is 5.56 Å². The minimum atomic E-state index is -0.474. The maximum absolute atomic E-state index is 12.1. The van der Waals surface area contributed by atoms with Crippen LogP contribution < -0.4 is 0 Å². The topological polar surface area (TPSA) is 72.7 Å². The van der Waals surface area contributed by atoms with Crippen LogP contribution in [-0.2, 0) is 4.74 Å². The lowest BCUT2D eigenvalue weighted by Crippen LogP contribution is -2.33. The predicted molar refractivity (Wildman–Crippen MR) is 73.9 cm³/mol. The highest BCUT2D eigenvalue weighted by Gasteiger charge is 2.19. The van der Waals surface area contributed by atoms with Crippen molar-refractivity contribution in [1.29, 1.82) is 0 Å². The van der Waals surface area contributed by atoms with Crippen molar-refractivity contribution in [3.63, 3.8) is 0 Å². The monoisotopic (exact) mass is 278 g/mol. The molecule has 0 aromatic heterocycles. The van der Waals surface area contributed by atoms with Crippen molar-refractivity contribution in [3.05, 3.63) is 39.9 Å². The first-order chi connectivity index (χ1) is 9.56. The number of ketones is 1. The van der Waals surface area contributed by atoms with E-state index in [-0.39, 0.29) is 24.1 Å². The van der Waals surface area contributed by atoms with Crippen molar-refractivity contribution in [1.82, 2.24) is 4.90 Å². The summed E-state index contributed by atoms with van der Waals surface area (Å²) in [5.74, 6) is -0.0413. The number of nitrogens with zero attached hydrogens (tertiary/aromatic N) is 2. The molecule has 0 amide bonds. The maximum Gasteiger partial charge on any atom is 0.269 e. The third-order valence-electron chi connectivity index (χ3n) is 3.35. The number of rotatable bonds is 6. The Balaban J connectivity index is 1.88. The van der Waals surface area contributed by atoms with Crippen molar-refractivity contribution in [2.75, 3.05) is 26.7 Å². The molecule has 0 radical (unpaired) electrons. The molecule has 1 unspecified atom stereocenters. The molecule has 0 N–H and O–H groups in total. The molecule has 0 bridgehead atoms. The summed E-state index contributed by atoms with van der Waals surface area (Å²) in [6.07, 6.45) is 2.33. The van der Waals surface area contributed by atoms with E-state index in [9.17, 15) is 14.9 Å². The molecule has 1 saturated heterocycles. The average molecular weight is 278 g/mol. The zero-order valence-corrected chi connectivity index (χ0v) is 11.4. The van der Waals surface area contributed by atoms with Gasteiger partial charge < -0.3 is 4.74 Å². The molecule has 0 spiro atoms. The molecule has 1 aromatic carbocycles. The van der Waals surface area contributed by atoms with Crippen LogP contribution in [0.1, 0.15) is 23.2 Å². The molecule has 20 heavy (non-hydrogen) atoms. The number of Topliss-reactive ketones (excluding diaryl/α,β-unsaturated/α-hetero) is 1. The molecular formula is C14H18N2O4. The normalized spacial score (nSPS) is 18.4. The fourth-order valence-corrected chi connectivity index (χ4v) is 2.31. The predicted octanol–water partition coefficient (Wildman–Crippen LogP) is 1.89. The van der Waals surface area contributed by atoms with E-state index in [1.165, 1.54) is 24.3 Å². The molecule has 108 valence electrons. The Morgan fingerprint density at radius 2 is 2.15 bits per heavy atom. The molecule has 1 aromatic rings. The van der Waals surface area contributed by atoms with E-state index < -0.39 is 4.92 Å². The fourth-order valence-electron chi connectivity index (χ4n) is 2.31. The van der Waals surface area contributed by atoms with Gasteiger partial charge >= 0.3 is 0 Å². The van der Waals surface area contributed by atoms with Gasteiger partial charge in [-0.25, -0.2) is 0 Å². The maximum atomic E-state index is 12.1. The van der Waals surface area contributed by atoms with Crippen LogP contribution in [0.4, 0.5) is 5.69 Å². The Hall–Kier alpha value is -1.79. The summed E-state index contributed by atoms with van der Waals surface area (Å²) in [7, 11) is 1.88. The smallest absolute Gasteiger partial charge is 0.269 e. The zero-order valence-electron chi connectivity index (χ0n) is 11.4. The third-order valence-corrected chi connectivity index (χ3v) is 3.35. The van der Waals surface area contributed by atoms with Gasteiger partial charge in [-0.1, -0.05) is 0 Å². The third kappa shape index (κ3) is 3.85. The van der Waals surface area contributed by atoms with Gasteiger partial charge in [0.05, 0.1) is 17.6 Å². The molecule has 6 nitrogen and oxygen atoms in total. The van der Waals surface area contributed by atoms with Gasteiger partial charge in [-0.15, -0.1) is 0 Å². The highest BCUT2D eigenvalue weighted by molar-refractivity contribution is 5.97. The first kappa shape index (κ1) is 14.6. The Labute approximate surface area is 117 Å². The number of likely N-dealkylation sites (N-methyl/N-ethyl adjacent to an activating group) is 1. The van der Waals surface area contributed by atoms with Crippen LogP contribution in [0.5, 0.6) is 0 Å². The minimum absolute atomic E-state index is 0.00531. The van der Waals surface area contributed by atoms with Gasteiger partial charge in [0.2, 0.25) is 0 Å². The number of nitro groups is 1. The number of hydrogen-bond acceptors (Lipinski definition) is 5. The lowest BCUT2D eigenvalue weighted by molar-refractivity contribution is -0.384. The summed E-state index contributed by atoms with van der Waals surface area (Å²) < 4.78 is 5.53. The minimum Gasteiger partial charge on any atom is -0.377 e. The van der Waals surface area contributed by atoms with E-state index in [1.54, 1.807) is 0 Å². The van der Waals surface area contributed by atoms with E-state index in [0.717, 1.165) is 26.0 Å². The molecule has 1 atom stereocenters. The second kappa shape index (κ2) is 6.58. The molecular weight excluding hydrogens is 260 g/mol. The number of carbonyl (C=O) groups excluding carboxylic acids is 1. The molecule has 0 saturated carbocycles. The van der Waals surface area contributed by atoms with E-state index >= 15 is 0 Å². The quantitative estimate of drug-likeness (QED) is 0.451. The highest BCUT2D eigenvalue weighted by atomic mass is 16.6. The van der Waals surface area contributed by atoms with Crippen LogP contribution in [0.2, 0.25) is 0 Å². The van der Waals surface area contributed by atoms with Gasteiger partial charge in [-0.05, 0) is 32.0 Å². The lowest BCUT2D eigenvalue weighted by Gasteiger charge is -2.19. The van der Waals surface area contributed by atoms with Gasteiger partial charge in [0.25, 0.3) is 5.69 Å². The Bertz CT molecular complexity index is 480.